The summed E-state index contributed by atoms with van der Waals surface area (Å²) in [4.78, 5) is 11.8. The third kappa shape index (κ3) is 3.98. The first kappa shape index (κ1) is 14.9. The summed E-state index contributed by atoms with van der Waals surface area (Å²) in [5.41, 5.74) is 4.81. The largest absolute Gasteiger partial charge is 0.418 e. The number of halogens is 3. The molecule has 0 aliphatic rings. The van der Waals surface area contributed by atoms with Gasteiger partial charge in [-0.05, 0) is 23.8 Å². The zero-order chi connectivity index (χ0) is 15.5. The molecule has 110 valence electrons. The molecule has 0 bridgehead atoms. The number of alkyl halides is 3. The average Bonchev–Trinajstić information content (AvgIpc) is 2.41. The summed E-state index contributed by atoms with van der Waals surface area (Å²) in [6.07, 6.45) is -4.46. The van der Waals surface area contributed by atoms with E-state index in [-0.39, 0.29) is 23.7 Å². The summed E-state index contributed by atoms with van der Waals surface area (Å²) < 4.78 is 38.2. The Bertz CT molecular complexity index is 639. The van der Waals surface area contributed by atoms with Crippen LogP contribution in [0, 0.1) is 0 Å². The van der Waals surface area contributed by atoms with Gasteiger partial charge in [0.1, 0.15) is 0 Å². The highest BCUT2D eigenvalue weighted by Crippen LogP contribution is 2.35. The monoisotopic (exact) mass is 294 g/mol. The third-order valence-electron chi connectivity index (χ3n) is 2.85. The Balaban J connectivity index is 2.11. The number of carbonyl (C=O) groups is 1. The van der Waals surface area contributed by atoms with Gasteiger partial charge in [0.05, 0.1) is 12.0 Å². The van der Waals surface area contributed by atoms with Gasteiger partial charge in [0, 0.05) is 11.4 Å². The van der Waals surface area contributed by atoms with E-state index in [2.05, 4.69) is 5.32 Å². The molecule has 2 rings (SSSR count). The van der Waals surface area contributed by atoms with Crippen molar-refractivity contribution in [2.45, 2.75) is 12.6 Å². The van der Waals surface area contributed by atoms with Gasteiger partial charge in [-0.2, -0.15) is 13.2 Å². The van der Waals surface area contributed by atoms with Crippen molar-refractivity contribution in [3.8, 4) is 0 Å². The van der Waals surface area contributed by atoms with E-state index in [1.54, 1.807) is 24.3 Å². The van der Waals surface area contributed by atoms with Crippen LogP contribution >= 0.6 is 0 Å². The third-order valence-corrected chi connectivity index (χ3v) is 2.85. The second-order valence-electron chi connectivity index (χ2n) is 4.51. The Morgan fingerprint density at radius 1 is 1.10 bits per heavy atom. The van der Waals surface area contributed by atoms with Crippen LogP contribution in [0.2, 0.25) is 0 Å². The van der Waals surface area contributed by atoms with E-state index in [1.165, 1.54) is 6.07 Å². The molecule has 0 aliphatic carbocycles. The quantitative estimate of drug-likeness (QED) is 0.852. The molecule has 2 aromatic rings. The molecule has 0 saturated carbocycles. The fourth-order valence-corrected chi connectivity index (χ4v) is 1.87. The highest BCUT2D eigenvalue weighted by atomic mass is 19.4. The Hall–Kier alpha value is -2.50. The van der Waals surface area contributed by atoms with Gasteiger partial charge in [-0.15, -0.1) is 0 Å². The van der Waals surface area contributed by atoms with Gasteiger partial charge >= 0.3 is 6.18 Å². The van der Waals surface area contributed by atoms with Crippen LogP contribution < -0.4 is 11.1 Å². The molecule has 0 saturated heterocycles. The fourth-order valence-electron chi connectivity index (χ4n) is 1.87. The van der Waals surface area contributed by atoms with Crippen molar-refractivity contribution in [2.24, 2.45) is 0 Å². The molecule has 3 nitrogen and oxygen atoms in total. The first-order valence-corrected chi connectivity index (χ1v) is 6.17. The highest BCUT2D eigenvalue weighted by Gasteiger charge is 2.33. The molecule has 0 spiro atoms. The van der Waals surface area contributed by atoms with Crippen molar-refractivity contribution in [1.29, 1.82) is 0 Å². The molecule has 1 amide bonds. The minimum Gasteiger partial charge on any atom is -0.398 e. The molecule has 2 aromatic carbocycles. The molecule has 0 fully saturated rings. The summed E-state index contributed by atoms with van der Waals surface area (Å²) in [5.74, 6) is -0.390. The van der Waals surface area contributed by atoms with E-state index in [4.69, 9.17) is 5.73 Å². The molecule has 0 unspecified atom stereocenters. The van der Waals surface area contributed by atoms with Gasteiger partial charge in [0.15, 0.2) is 0 Å². The van der Waals surface area contributed by atoms with Crippen LogP contribution in [-0.4, -0.2) is 5.91 Å². The Morgan fingerprint density at radius 2 is 1.76 bits per heavy atom. The summed E-state index contributed by atoms with van der Waals surface area (Å²) in [6, 6.07) is 12.2. The molecule has 6 heteroatoms. The topological polar surface area (TPSA) is 55.1 Å². The van der Waals surface area contributed by atoms with Gasteiger partial charge in [0.25, 0.3) is 0 Å². The van der Waals surface area contributed by atoms with Crippen molar-refractivity contribution in [3.05, 3.63) is 59.7 Å². The van der Waals surface area contributed by atoms with E-state index >= 15 is 0 Å². The molecular weight excluding hydrogens is 281 g/mol. The summed E-state index contributed by atoms with van der Waals surface area (Å²) >= 11 is 0. The van der Waals surface area contributed by atoms with Crippen molar-refractivity contribution in [1.82, 2.24) is 0 Å². The summed E-state index contributed by atoms with van der Waals surface area (Å²) in [5, 5.41) is 2.44. The molecular formula is C15H13F3N2O. The molecule has 0 heterocycles. The number of nitrogen functional groups attached to an aromatic ring is 1. The van der Waals surface area contributed by atoms with Crippen molar-refractivity contribution in [3.63, 3.8) is 0 Å². The van der Waals surface area contributed by atoms with Crippen molar-refractivity contribution >= 4 is 17.3 Å². The lowest BCUT2D eigenvalue weighted by molar-refractivity contribution is -0.136. The number of benzene rings is 2. The summed E-state index contributed by atoms with van der Waals surface area (Å²) in [6.45, 7) is 0. The maximum absolute atomic E-state index is 12.7. The van der Waals surface area contributed by atoms with Crippen molar-refractivity contribution in [2.75, 3.05) is 11.1 Å². The molecule has 0 aromatic heterocycles. The molecule has 0 atom stereocenters. The van der Waals surface area contributed by atoms with Gasteiger partial charge in [-0.3, -0.25) is 4.79 Å². The fraction of sp³-hybridized carbons (Fsp3) is 0.133. The molecule has 3 N–H and O–H groups in total. The van der Waals surface area contributed by atoms with Crippen LogP contribution in [0.3, 0.4) is 0 Å². The van der Waals surface area contributed by atoms with Gasteiger partial charge in [0.2, 0.25) is 5.91 Å². The lowest BCUT2D eigenvalue weighted by atomic mass is 10.1. The van der Waals surface area contributed by atoms with Gasteiger partial charge in [-0.1, -0.05) is 30.3 Å². The number of rotatable bonds is 3. The molecule has 0 aliphatic heterocycles. The number of amides is 1. The van der Waals surface area contributed by atoms with Crippen LogP contribution in [0.15, 0.2) is 48.5 Å². The Labute approximate surface area is 119 Å². The maximum atomic E-state index is 12.7. The zero-order valence-corrected chi connectivity index (χ0v) is 10.9. The minimum atomic E-state index is -4.55. The first-order valence-electron chi connectivity index (χ1n) is 6.17. The predicted octanol–water partition coefficient (Wildman–Crippen LogP) is 3.47. The van der Waals surface area contributed by atoms with E-state index in [9.17, 15) is 18.0 Å². The summed E-state index contributed by atoms with van der Waals surface area (Å²) in [7, 11) is 0. The zero-order valence-electron chi connectivity index (χ0n) is 10.9. The lowest BCUT2D eigenvalue weighted by Crippen LogP contribution is -2.16. The number of hydrogen-bond acceptors (Lipinski definition) is 2. The molecule has 0 radical (unpaired) electrons. The number of anilines is 2. The first-order chi connectivity index (χ1) is 9.86. The van der Waals surface area contributed by atoms with E-state index in [0.29, 0.717) is 0 Å². The van der Waals surface area contributed by atoms with E-state index < -0.39 is 11.7 Å². The number of hydrogen-bond donors (Lipinski definition) is 2. The van der Waals surface area contributed by atoms with Crippen LogP contribution in [0.1, 0.15) is 11.1 Å². The highest BCUT2D eigenvalue weighted by molar-refractivity contribution is 5.92. The Morgan fingerprint density at radius 3 is 2.38 bits per heavy atom. The number of nitrogens with one attached hydrogen (secondary N) is 1. The van der Waals surface area contributed by atoms with Gasteiger partial charge in [-0.25, -0.2) is 0 Å². The lowest BCUT2D eigenvalue weighted by Gasteiger charge is -2.12. The SMILES string of the molecule is Nc1ccc(NC(=O)Cc2ccccc2)cc1C(F)(F)F. The Kier molecular flexibility index (Phi) is 4.16. The number of nitrogens with two attached hydrogens (primary N) is 1. The normalized spacial score (nSPS) is 11.2. The van der Waals surface area contributed by atoms with E-state index in [1.807, 2.05) is 6.07 Å². The van der Waals surface area contributed by atoms with Crippen LogP contribution in [0.25, 0.3) is 0 Å². The minimum absolute atomic E-state index is 0.0671. The van der Waals surface area contributed by atoms with Crippen LogP contribution in [0.5, 0.6) is 0 Å². The number of carbonyl (C=O) groups excluding carboxylic acids is 1. The average molecular weight is 294 g/mol. The van der Waals surface area contributed by atoms with Gasteiger partial charge < -0.3 is 11.1 Å². The standard InChI is InChI=1S/C15H13F3N2O/c16-15(17,18)12-9-11(6-7-13(12)19)20-14(21)8-10-4-2-1-3-5-10/h1-7,9H,8,19H2,(H,20,21). The predicted molar refractivity (Wildman–Crippen MR) is 74.6 cm³/mol. The second kappa shape index (κ2) is 5.87. The van der Waals surface area contributed by atoms with Crippen LogP contribution in [0.4, 0.5) is 24.5 Å². The van der Waals surface area contributed by atoms with E-state index in [0.717, 1.165) is 17.7 Å². The second-order valence-corrected chi connectivity index (χ2v) is 4.51. The maximum Gasteiger partial charge on any atom is 0.418 e. The van der Waals surface area contributed by atoms with Crippen LogP contribution in [-0.2, 0) is 17.4 Å². The smallest absolute Gasteiger partial charge is 0.398 e. The van der Waals surface area contributed by atoms with Crippen molar-refractivity contribution < 1.29 is 18.0 Å². The molecule has 21 heavy (non-hydrogen) atoms.